The maximum absolute atomic E-state index is 12.9. The van der Waals surface area contributed by atoms with E-state index in [4.69, 9.17) is 9.47 Å². The van der Waals surface area contributed by atoms with Crippen LogP contribution in [0.2, 0.25) is 0 Å². The quantitative estimate of drug-likeness (QED) is 0.143. The summed E-state index contributed by atoms with van der Waals surface area (Å²) in [6.45, 7) is 8.08. The number of carbonyl (C=O) groups is 2. The van der Waals surface area contributed by atoms with Gasteiger partial charge < -0.3 is 9.47 Å². The van der Waals surface area contributed by atoms with E-state index in [0.717, 1.165) is 63.7 Å². The van der Waals surface area contributed by atoms with Crippen LogP contribution in [0.5, 0.6) is 0 Å². The Hall–Kier alpha value is -1.32. The summed E-state index contributed by atoms with van der Waals surface area (Å²) < 4.78 is 11.3. The highest BCUT2D eigenvalue weighted by Crippen LogP contribution is 2.51. The van der Waals surface area contributed by atoms with Gasteiger partial charge in [0.15, 0.2) is 0 Å². The summed E-state index contributed by atoms with van der Waals surface area (Å²) in [6.07, 6.45) is 24.9. The summed E-state index contributed by atoms with van der Waals surface area (Å²) >= 11 is 0. The van der Waals surface area contributed by atoms with Crippen LogP contribution in [0.1, 0.15) is 142 Å². The topological polar surface area (TPSA) is 52.6 Å². The van der Waals surface area contributed by atoms with Gasteiger partial charge in [-0.1, -0.05) is 58.4 Å². The molecule has 0 bridgehead atoms. The maximum Gasteiger partial charge on any atom is 0.333 e. The van der Waals surface area contributed by atoms with Crippen molar-refractivity contribution in [3.8, 4) is 0 Å². The van der Waals surface area contributed by atoms with Crippen LogP contribution in [0.25, 0.3) is 0 Å². The van der Waals surface area contributed by atoms with Crippen LogP contribution >= 0.6 is 0 Å². The average Bonchev–Trinajstić information content (AvgIpc) is 2.89. The zero-order valence-electron chi connectivity index (χ0n) is 23.5. The van der Waals surface area contributed by atoms with E-state index in [1.165, 1.54) is 70.6 Å². The molecule has 3 aliphatic rings. The van der Waals surface area contributed by atoms with Crippen molar-refractivity contribution in [2.24, 2.45) is 23.2 Å². The van der Waals surface area contributed by atoms with Crippen LogP contribution in [-0.4, -0.2) is 24.6 Å². The van der Waals surface area contributed by atoms with Crippen LogP contribution in [-0.2, 0) is 19.1 Å². The highest BCUT2D eigenvalue weighted by Gasteiger charge is 2.41. The largest absolute Gasteiger partial charge is 0.462 e. The van der Waals surface area contributed by atoms with Crippen LogP contribution in [0.3, 0.4) is 0 Å². The van der Waals surface area contributed by atoms with Crippen molar-refractivity contribution in [2.75, 3.05) is 6.61 Å². The molecular weight excluding hydrogens is 448 g/mol. The van der Waals surface area contributed by atoms with Crippen molar-refractivity contribution in [1.82, 2.24) is 0 Å². The van der Waals surface area contributed by atoms with E-state index in [2.05, 4.69) is 13.5 Å². The number of esters is 2. The maximum atomic E-state index is 12.9. The molecule has 36 heavy (non-hydrogen) atoms. The number of hydrogen-bond donors (Lipinski definition) is 0. The second-order valence-electron chi connectivity index (χ2n) is 12.4. The molecule has 3 saturated carbocycles. The van der Waals surface area contributed by atoms with Crippen molar-refractivity contribution >= 4 is 11.9 Å². The Morgan fingerprint density at radius 3 is 2.19 bits per heavy atom. The first-order chi connectivity index (χ1) is 17.4. The van der Waals surface area contributed by atoms with Crippen molar-refractivity contribution in [3.05, 3.63) is 12.2 Å². The summed E-state index contributed by atoms with van der Waals surface area (Å²) in [6, 6.07) is 0. The van der Waals surface area contributed by atoms with E-state index in [0.29, 0.717) is 23.5 Å². The Morgan fingerprint density at radius 2 is 1.56 bits per heavy atom. The van der Waals surface area contributed by atoms with Gasteiger partial charge in [0, 0.05) is 5.57 Å². The molecule has 0 unspecified atom stereocenters. The number of unbranched alkanes of at least 4 members (excludes halogenated alkanes) is 3. The fourth-order valence-electron chi connectivity index (χ4n) is 7.41. The fraction of sp³-hybridized carbons (Fsp3) is 0.875. The second kappa shape index (κ2) is 15.2. The van der Waals surface area contributed by atoms with Gasteiger partial charge in [-0.15, -0.1) is 0 Å². The Bertz CT molecular complexity index is 676. The molecule has 0 atom stereocenters. The minimum Gasteiger partial charge on any atom is -0.462 e. The predicted octanol–water partition coefficient (Wildman–Crippen LogP) is 8.72. The van der Waals surface area contributed by atoms with Gasteiger partial charge in [0.1, 0.15) is 6.10 Å². The van der Waals surface area contributed by atoms with E-state index in [-0.39, 0.29) is 24.0 Å². The second-order valence-corrected chi connectivity index (χ2v) is 12.4. The Kier molecular flexibility index (Phi) is 12.3. The third kappa shape index (κ3) is 8.91. The molecule has 4 nitrogen and oxygen atoms in total. The molecule has 0 heterocycles. The lowest BCUT2D eigenvalue weighted by Gasteiger charge is -2.47. The monoisotopic (exact) mass is 502 g/mol. The first-order valence-corrected chi connectivity index (χ1v) is 15.5. The molecule has 3 rings (SSSR count). The van der Waals surface area contributed by atoms with E-state index >= 15 is 0 Å². The molecule has 0 aromatic rings. The van der Waals surface area contributed by atoms with Gasteiger partial charge in [-0.05, 0) is 108 Å². The molecule has 0 aromatic carbocycles. The number of hydrogen-bond acceptors (Lipinski definition) is 4. The van der Waals surface area contributed by atoms with E-state index in [1.54, 1.807) is 6.92 Å². The number of ether oxygens (including phenoxy) is 2. The highest BCUT2D eigenvalue weighted by atomic mass is 16.5. The molecule has 0 amide bonds. The van der Waals surface area contributed by atoms with Crippen molar-refractivity contribution in [3.63, 3.8) is 0 Å². The summed E-state index contributed by atoms with van der Waals surface area (Å²) in [5, 5.41) is 0. The molecule has 0 aromatic heterocycles. The van der Waals surface area contributed by atoms with Crippen molar-refractivity contribution in [2.45, 2.75) is 148 Å². The van der Waals surface area contributed by atoms with Crippen LogP contribution < -0.4 is 0 Å². The fourth-order valence-corrected chi connectivity index (χ4v) is 7.41. The molecular formula is C32H54O4. The van der Waals surface area contributed by atoms with Gasteiger partial charge >= 0.3 is 11.9 Å². The summed E-state index contributed by atoms with van der Waals surface area (Å²) in [4.78, 5) is 24.4. The third-order valence-electron chi connectivity index (χ3n) is 9.72. The predicted molar refractivity (Wildman–Crippen MR) is 147 cm³/mol. The van der Waals surface area contributed by atoms with Crippen LogP contribution in [0.15, 0.2) is 12.2 Å². The van der Waals surface area contributed by atoms with Gasteiger partial charge in [0.2, 0.25) is 0 Å². The molecule has 206 valence electrons. The van der Waals surface area contributed by atoms with E-state index < -0.39 is 0 Å². The third-order valence-corrected chi connectivity index (χ3v) is 9.72. The molecule has 3 fully saturated rings. The molecule has 4 heteroatoms. The lowest BCUT2D eigenvalue weighted by molar-refractivity contribution is -0.158. The Labute approximate surface area is 221 Å². The first-order valence-electron chi connectivity index (χ1n) is 15.5. The lowest BCUT2D eigenvalue weighted by atomic mass is 9.59. The minimum atomic E-state index is -0.289. The SMILES string of the molecule is C=C(C)C(=O)OCCCC[C@H]1CC[C@H](C(=O)O[C@H]2CC[C@H](C3(CCCCC)CCCCC3)CC2)CC1. The summed E-state index contributed by atoms with van der Waals surface area (Å²) in [5.74, 6) is 1.45. The minimum absolute atomic E-state index is 0.0823. The van der Waals surface area contributed by atoms with Crippen LogP contribution in [0, 0.1) is 23.2 Å². The molecule has 0 saturated heterocycles. The Balaban J connectivity index is 1.32. The molecule has 0 N–H and O–H groups in total. The molecule has 0 aliphatic heterocycles. The molecule has 0 radical (unpaired) electrons. The van der Waals surface area contributed by atoms with Gasteiger partial charge in [-0.3, -0.25) is 4.79 Å². The van der Waals surface area contributed by atoms with E-state index in [1.807, 2.05) is 0 Å². The van der Waals surface area contributed by atoms with Crippen molar-refractivity contribution in [1.29, 1.82) is 0 Å². The number of rotatable bonds is 13. The zero-order valence-corrected chi connectivity index (χ0v) is 23.5. The van der Waals surface area contributed by atoms with Gasteiger partial charge in [-0.2, -0.15) is 0 Å². The first kappa shape index (κ1) is 29.2. The normalized spacial score (nSPS) is 28.3. The molecule has 0 spiro atoms. The summed E-state index contributed by atoms with van der Waals surface area (Å²) in [5.41, 5.74) is 1.05. The van der Waals surface area contributed by atoms with Crippen molar-refractivity contribution < 1.29 is 19.1 Å². The zero-order chi connectivity index (χ0) is 25.8. The van der Waals surface area contributed by atoms with E-state index in [9.17, 15) is 9.59 Å². The molecule has 3 aliphatic carbocycles. The Morgan fingerprint density at radius 1 is 0.861 bits per heavy atom. The smallest absolute Gasteiger partial charge is 0.333 e. The van der Waals surface area contributed by atoms with Gasteiger partial charge in [-0.25, -0.2) is 4.79 Å². The average molecular weight is 503 g/mol. The van der Waals surface area contributed by atoms with Gasteiger partial charge in [0.25, 0.3) is 0 Å². The number of carbonyl (C=O) groups excluding carboxylic acids is 2. The van der Waals surface area contributed by atoms with Crippen LogP contribution in [0.4, 0.5) is 0 Å². The standard InChI is InChI=1S/C32H54O4/c1-4-5-8-21-32(22-9-6-10-23-32)28-17-19-29(20-18-28)36-31(34)27-15-13-26(14-16-27)12-7-11-24-35-30(33)25(2)3/h26-29H,2,4-24H2,1,3H3/t26-,27-,28-,29-. The van der Waals surface area contributed by atoms with Gasteiger partial charge in [0.05, 0.1) is 12.5 Å². The summed E-state index contributed by atoms with van der Waals surface area (Å²) in [7, 11) is 0. The highest BCUT2D eigenvalue weighted by molar-refractivity contribution is 5.86. The lowest BCUT2D eigenvalue weighted by Crippen LogP contribution is -2.38.